The van der Waals surface area contributed by atoms with Crippen LogP contribution in [-0.2, 0) is 9.84 Å². The minimum Gasteiger partial charge on any atom is -0.345 e. The molecule has 0 saturated carbocycles. The number of fused-ring (bicyclic) bond motifs is 1. The first-order chi connectivity index (χ1) is 13.4. The molecule has 1 aliphatic heterocycles. The second-order valence-electron chi connectivity index (χ2n) is 6.67. The predicted octanol–water partition coefficient (Wildman–Crippen LogP) is 3.48. The third-order valence-electron chi connectivity index (χ3n) is 4.84. The highest BCUT2D eigenvalue weighted by Crippen LogP contribution is 2.33. The zero-order valence-corrected chi connectivity index (χ0v) is 16.7. The van der Waals surface area contributed by atoms with Crippen molar-refractivity contribution in [2.24, 2.45) is 0 Å². The Bertz CT molecular complexity index is 1160. The summed E-state index contributed by atoms with van der Waals surface area (Å²) in [5.41, 5.74) is 2.15. The number of sulfone groups is 1. The third-order valence-corrected chi connectivity index (χ3v) is 7.01. The van der Waals surface area contributed by atoms with E-state index in [2.05, 4.69) is 10.4 Å². The van der Waals surface area contributed by atoms with Crippen LogP contribution in [0.5, 0.6) is 0 Å². The smallest absolute Gasteiger partial charge is 0.256 e. The van der Waals surface area contributed by atoms with Gasteiger partial charge in [0.05, 0.1) is 33.6 Å². The second-order valence-corrected chi connectivity index (χ2v) is 9.11. The number of aryl methyl sites for hydroxylation is 1. The zero-order valence-electron chi connectivity index (χ0n) is 15.1. The first-order valence-corrected chi connectivity index (χ1v) is 10.8. The molecule has 0 fully saturated rings. The van der Waals surface area contributed by atoms with Crippen molar-refractivity contribution in [1.29, 1.82) is 0 Å². The van der Waals surface area contributed by atoms with Crippen molar-refractivity contribution >= 4 is 27.3 Å². The number of benzene rings is 2. The van der Waals surface area contributed by atoms with Crippen LogP contribution in [0.1, 0.15) is 34.1 Å². The Labute approximate surface area is 168 Å². The number of para-hydroxylation sites is 1. The molecular formula is C20H18ClN3O3S. The van der Waals surface area contributed by atoms with E-state index in [4.69, 9.17) is 11.6 Å². The van der Waals surface area contributed by atoms with Crippen molar-refractivity contribution in [3.05, 3.63) is 76.6 Å². The van der Waals surface area contributed by atoms with E-state index in [1.165, 1.54) is 4.68 Å². The molecule has 2 aromatic carbocycles. The molecule has 28 heavy (non-hydrogen) atoms. The lowest BCUT2D eigenvalue weighted by molar-refractivity contribution is 0.0934. The van der Waals surface area contributed by atoms with Crippen LogP contribution in [0, 0.1) is 6.92 Å². The molecule has 1 atom stereocenters. The molecule has 8 heteroatoms. The standard InChI is InChI=1S/C20H18ClN3O3S/c1-13-18(19(21)24(23-13)14-7-3-2-4-8-14)20(25)22-16-11-12-28(26,27)17-10-6-5-9-15(16)17/h2-10,16H,11-12H2,1H3,(H,22,25). The summed E-state index contributed by atoms with van der Waals surface area (Å²) in [6.45, 7) is 1.72. The molecule has 1 amide bonds. The second kappa shape index (κ2) is 7.07. The first kappa shape index (κ1) is 18.7. The summed E-state index contributed by atoms with van der Waals surface area (Å²) >= 11 is 6.47. The number of amides is 1. The number of hydrogen-bond donors (Lipinski definition) is 1. The third kappa shape index (κ3) is 3.21. The lowest BCUT2D eigenvalue weighted by Gasteiger charge is -2.26. The number of carbonyl (C=O) groups excluding carboxylic acids is 1. The van der Waals surface area contributed by atoms with Gasteiger partial charge < -0.3 is 5.32 Å². The molecule has 0 saturated heterocycles. The molecule has 2 heterocycles. The normalized spacial score (nSPS) is 17.7. The van der Waals surface area contributed by atoms with E-state index < -0.39 is 15.9 Å². The molecule has 144 valence electrons. The topological polar surface area (TPSA) is 81.1 Å². The number of halogens is 1. The minimum atomic E-state index is -3.32. The van der Waals surface area contributed by atoms with Gasteiger partial charge in [0.15, 0.2) is 9.84 Å². The van der Waals surface area contributed by atoms with Gasteiger partial charge in [-0.2, -0.15) is 5.10 Å². The first-order valence-electron chi connectivity index (χ1n) is 8.81. The molecule has 0 bridgehead atoms. The SMILES string of the molecule is Cc1nn(-c2ccccc2)c(Cl)c1C(=O)NC1CCS(=O)(=O)c2ccccc21. The molecule has 0 aliphatic carbocycles. The van der Waals surface area contributed by atoms with Gasteiger partial charge in [0.25, 0.3) is 5.91 Å². The quantitative estimate of drug-likeness (QED) is 0.710. The summed E-state index contributed by atoms with van der Waals surface area (Å²) in [6.07, 6.45) is 0.314. The molecule has 1 aromatic heterocycles. The van der Waals surface area contributed by atoms with Crippen molar-refractivity contribution in [3.63, 3.8) is 0 Å². The predicted molar refractivity (Wildman–Crippen MR) is 107 cm³/mol. The molecule has 1 unspecified atom stereocenters. The summed E-state index contributed by atoms with van der Waals surface area (Å²) < 4.78 is 26.1. The van der Waals surface area contributed by atoms with Gasteiger partial charge >= 0.3 is 0 Å². The van der Waals surface area contributed by atoms with E-state index >= 15 is 0 Å². The molecule has 1 aliphatic rings. The molecule has 6 nitrogen and oxygen atoms in total. The number of aromatic nitrogens is 2. The summed E-state index contributed by atoms with van der Waals surface area (Å²) in [6, 6.07) is 15.7. The van der Waals surface area contributed by atoms with Crippen LogP contribution >= 0.6 is 11.6 Å². The van der Waals surface area contributed by atoms with Gasteiger partial charge in [0, 0.05) is 0 Å². The summed E-state index contributed by atoms with van der Waals surface area (Å²) in [4.78, 5) is 13.2. The highest BCUT2D eigenvalue weighted by atomic mass is 35.5. The molecule has 3 aromatic rings. The van der Waals surface area contributed by atoms with E-state index in [0.29, 0.717) is 17.7 Å². The Kier molecular flexibility index (Phi) is 4.72. The van der Waals surface area contributed by atoms with Crippen molar-refractivity contribution < 1.29 is 13.2 Å². The van der Waals surface area contributed by atoms with Crippen molar-refractivity contribution in [2.75, 3.05) is 5.75 Å². The number of carbonyl (C=O) groups is 1. The fourth-order valence-corrected chi connectivity index (χ4v) is 5.45. The van der Waals surface area contributed by atoms with Gasteiger partial charge in [0.1, 0.15) is 5.15 Å². The lowest BCUT2D eigenvalue weighted by Crippen LogP contribution is -2.34. The minimum absolute atomic E-state index is 0.00898. The summed E-state index contributed by atoms with van der Waals surface area (Å²) in [5, 5.41) is 7.54. The Morgan fingerprint density at radius 2 is 1.82 bits per heavy atom. The van der Waals surface area contributed by atoms with E-state index in [1.807, 2.05) is 30.3 Å². The van der Waals surface area contributed by atoms with Crippen molar-refractivity contribution in [3.8, 4) is 5.69 Å². The molecule has 1 N–H and O–H groups in total. The van der Waals surface area contributed by atoms with E-state index in [1.54, 1.807) is 31.2 Å². The van der Waals surface area contributed by atoms with Crippen molar-refractivity contribution in [2.45, 2.75) is 24.3 Å². The van der Waals surface area contributed by atoms with E-state index in [-0.39, 0.29) is 27.3 Å². The summed E-state index contributed by atoms with van der Waals surface area (Å²) in [7, 11) is -3.32. The Balaban J connectivity index is 1.66. The van der Waals surface area contributed by atoms with Gasteiger partial charge in [-0.05, 0) is 37.1 Å². The van der Waals surface area contributed by atoms with Crippen LogP contribution in [0.4, 0.5) is 0 Å². The molecular weight excluding hydrogens is 398 g/mol. The van der Waals surface area contributed by atoms with Gasteiger partial charge in [-0.1, -0.05) is 48.0 Å². The molecule has 4 rings (SSSR count). The number of nitrogens with zero attached hydrogens (tertiary/aromatic N) is 2. The van der Waals surface area contributed by atoms with Crippen molar-refractivity contribution in [1.82, 2.24) is 15.1 Å². The highest BCUT2D eigenvalue weighted by molar-refractivity contribution is 7.91. The van der Waals surface area contributed by atoms with Gasteiger partial charge in [-0.25, -0.2) is 13.1 Å². The Morgan fingerprint density at radius 3 is 2.57 bits per heavy atom. The zero-order chi connectivity index (χ0) is 19.9. The number of nitrogens with one attached hydrogen (secondary N) is 1. The van der Waals surface area contributed by atoms with Crippen LogP contribution in [0.3, 0.4) is 0 Å². The van der Waals surface area contributed by atoms with Crippen LogP contribution in [0.15, 0.2) is 59.5 Å². The average Bonchev–Trinajstić information content (AvgIpc) is 2.99. The average molecular weight is 416 g/mol. The Hall–Kier alpha value is -2.64. The maximum atomic E-state index is 13.0. The van der Waals surface area contributed by atoms with Gasteiger partial charge in [0.2, 0.25) is 0 Å². The van der Waals surface area contributed by atoms with Crippen LogP contribution in [0.2, 0.25) is 5.15 Å². The highest BCUT2D eigenvalue weighted by Gasteiger charge is 2.32. The maximum Gasteiger partial charge on any atom is 0.256 e. The van der Waals surface area contributed by atoms with Crippen LogP contribution in [-0.4, -0.2) is 29.9 Å². The molecule has 0 radical (unpaired) electrons. The fraction of sp³-hybridized carbons (Fsp3) is 0.200. The number of rotatable bonds is 3. The van der Waals surface area contributed by atoms with Crippen LogP contribution < -0.4 is 5.32 Å². The monoisotopic (exact) mass is 415 g/mol. The van der Waals surface area contributed by atoms with E-state index in [9.17, 15) is 13.2 Å². The van der Waals surface area contributed by atoms with Gasteiger partial charge in [-0.15, -0.1) is 0 Å². The van der Waals surface area contributed by atoms with Gasteiger partial charge in [-0.3, -0.25) is 4.79 Å². The summed E-state index contributed by atoms with van der Waals surface area (Å²) in [5.74, 6) is -0.380. The van der Waals surface area contributed by atoms with Crippen LogP contribution in [0.25, 0.3) is 5.69 Å². The fourth-order valence-electron chi connectivity index (χ4n) is 3.47. The maximum absolute atomic E-state index is 13.0. The lowest BCUT2D eigenvalue weighted by atomic mass is 10.0. The largest absolute Gasteiger partial charge is 0.345 e. The number of hydrogen-bond acceptors (Lipinski definition) is 4. The Morgan fingerprint density at radius 1 is 1.14 bits per heavy atom. The molecule has 0 spiro atoms. The van der Waals surface area contributed by atoms with E-state index in [0.717, 1.165) is 5.69 Å².